The zero-order valence-corrected chi connectivity index (χ0v) is 11.9. The van der Waals surface area contributed by atoms with Gasteiger partial charge in [0.1, 0.15) is 0 Å². The van der Waals surface area contributed by atoms with Crippen LogP contribution in [0.25, 0.3) is 0 Å². The Labute approximate surface area is 121 Å². The Morgan fingerprint density at radius 1 is 1.20 bits per heavy atom. The molecule has 2 aromatic rings. The minimum Gasteiger partial charge on any atom is -0.505 e. The van der Waals surface area contributed by atoms with E-state index >= 15 is 0 Å². The van der Waals surface area contributed by atoms with Crippen LogP contribution in [0.15, 0.2) is 35.0 Å². The second-order valence-corrected chi connectivity index (χ2v) is 5.74. The van der Waals surface area contributed by atoms with Gasteiger partial charge in [-0.3, -0.25) is 4.90 Å². The van der Waals surface area contributed by atoms with E-state index in [0.717, 1.165) is 31.7 Å². The molecule has 1 fully saturated rings. The number of benzene rings is 1. The molecule has 0 saturated carbocycles. The van der Waals surface area contributed by atoms with Crippen molar-refractivity contribution < 1.29 is 9.50 Å². The largest absolute Gasteiger partial charge is 0.505 e. The Hall–Kier alpha value is -1.43. The van der Waals surface area contributed by atoms with Gasteiger partial charge in [0.05, 0.1) is 6.04 Å². The molecule has 2 heterocycles. The van der Waals surface area contributed by atoms with Gasteiger partial charge in [0.25, 0.3) is 0 Å². The Morgan fingerprint density at radius 2 is 2.00 bits per heavy atom. The molecular weight excluding hydrogens is 275 g/mol. The van der Waals surface area contributed by atoms with E-state index in [1.165, 1.54) is 17.7 Å². The maximum Gasteiger partial charge on any atom is 0.165 e. The summed E-state index contributed by atoms with van der Waals surface area (Å²) in [5.74, 6) is -0.851. The minimum atomic E-state index is -0.558. The third-order valence-electron chi connectivity index (χ3n) is 3.66. The predicted molar refractivity (Wildman–Crippen MR) is 78.7 cm³/mol. The van der Waals surface area contributed by atoms with E-state index in [9.17, 15) is 9.50 Å². The van der Waals surface area contributed by atoms with Gasteiger partial charge in [-0.05, 0) is 40.1 Å². The molecule has 3 nitrogen and oxygen atoms in total. The van der Waals surface area contributed by atoms with Crippen LogP contribution in [-0.2, 0) is 0 Å². The van der Waals surface area contributed by atoms with E-state index < -0.39 is 5.82 Å². The van der Waals surface area contributed by atoms with Crippen molar-refractivity contribution in [2.45, 2.75) is 6.04 Å². The lowest BCUT2D eigenvalue weighted by molar-refractivity contribution is 0.198. The van der Waals surface area contributed by atoms with Crippen molar-refractivity contribution in [1.29, 1.82) is 0 Å². The topological polar surface area (TPSA) is 35.5 Å². The number of nitrogens with zero attached hydrogens (tertiary/aromatic N) is 1. The smallest absolute Gasteiger partial charge is 0.165 e. The van der Waals surface area contributed by atoms with Crippen LogP contribution in [0.2, 0.25) is 0 Å². The second kappa shape index (κ2) is 5.91. The number of phenols is 1. The summed E-state index contributed by atoms with van der Waals surface area (Å²) in [5.41, 5.74) is 2.07. The number of rotatable bonds is 3. The summed E-state index contributed by atoms with van der Waals surface area (Å²) < 4.78 is 13.7. The van der Waals surface area contributed by atoms with Crippen LogP contribution in [0.4, 0.5) is 4.39 Å². The van der Waals surface area contributed by atoms with Gasteiger partial charge in [-0.1, -0.05) is 6.07 Å². The van der Waals surface area contributed by atoms with E-state index in [-0.39, 0.29) is 11.8 Å². The average Bonchev–Trinajstić information content (AvgIpc) is 2.98. The van der Waals surface area contributed by atoms with Gasteiger partial charge in [-0.25, -0.2) is 4.39 Å². The molecule has 0 spiro atoms. The van der Waals surface area contributed by atoms with Crippen LogP contribution in [-0.4, -0.2) is 36.2 Å². The van der Waals surface area contributed by atoms with Gasteiger partial charge in [0.2, 0.25) is 0 Å². The first-order chi connectivity index (χ1) is 9.75. The molecule has 1 saturated heterocycles. The van der Waals surface area contributed by atoms with Gasteiger partial charge in [-0.2, -0.15) is 11.3 Å². The third kappa shape index (κ3) is 2.70. The second-order valence-electron chi connectivity index (χ2n) is 4.96. The quantitative estimate of drug-likeness (QED) is 0.913. The molecular formula is C15H17FN2OS. The van der Waals surface area contributed by atoms with Gasteiger partial charge >= 0.3 is 0 Å². The maximum atomic E-state index is 13.7. The van der Waals surface area contributed by atoms with E-state index in [4.69, 9.17) is 0 Å². The molecule has 1 atom stereocenters. The van der Waals surface area contributed by atoms with Crippen LogP contribution >= 0.6 is 11.3 Å². The number of aromatic hydroxyl groups is 1. The number of phenolic OH excluding ortho intramolecular Hbond substituents is 1. The highest BCUT2D eigenvalue weighted by Crippen LogP contribution is 2.32. The maximum absolute atomic E-state index is 13.7. The molecule has 3 rings (SSSR count). The van der Waals surface area contributed by atoms with E-state index in [1.54, 1.807) is 11.3 Å². The fourth-order valence-electron chi connectivity index (χ4n) is 2.68. The molecule has 5 heteroatoms. The van der Waals surface area contributed by atoms with Crippen LogP contribution < -0.4 is 5.32 Å². The summed E-state index contributed by atoms with van der Waals surface area (Å²) in [6.07, 6.45) is 0. The molecule has 1 aliphatic rings. The van der Waals surface area contributed by atoms with Crippen LogP contribution in [0.5, 0.6) is 5.75 Å². The van der Waals surface area contributed by atoms with E-state index in [2.05, 4.69) is 21.7 Å². The van der Waals surface area contributed by atoms with Crippen molar-refractivity contribution in [1.82, 2.24) is 10.2 Å². The highest BCUT2D eigenvalue weighted by molar-refractivity contribution is 7.08. The number of piperazine rings is 1. The van der Waals surface area contributed by atoms with Crippen molar-refractivity contribution in [3.05, 3.63) is 52.0 Å². The number of thiophene rings is 1. The number of hydrogen-bond donors (Lipinski definition) is 2. The molecule has 0 aliphatic carbocycles. The predicted octanol–water partition coefficient (Wildman–Crippen LogP) is 2.59. The standard InChI is InChI=1S/C15H17FN2OS/c16-13-9-11(1-2-14(13)19)15(12-3-8-20-10-12)18-6-4-17-5-7-18/h1-3,8-10,15,17,19H,4-7H2/t15-/m0/s1. The van der Waals surface area contributed by atoms with Crippen LogP contribution in [0.1, 0.15) is 17.2 Å². The normalized spacial score (nSPS) is 18.1. The molecule has 20 heavy (non-hydrogen) atoms. The van der Waals surface area contributed by atoms with Crippen LogP contribution in [0, 0.1) is 5.82 Å². The molecule has 0 unspecified atom stereocenters. The Morgan fingerprint density at radius 3 is 2.65 bits per heavy atom. The lowest BCUT2D eigenvalue weighted by Gasteiger charge is -2.35. The van der Waals surface area contributed by atoms with E-state index in [1.807, 2.05) is 11.4 Å². The van der Waals surface area contributed by atoms with Crippen molar-refractivity contribution in [3.63, 3.8) is 0 Å². The Balaban J connectivity index is 1.98. The summed E-state index contributed by atoms with van der Waals surface area (Å²) in [4.78, 5) is 2.35. The summed E-state index contributed by atoms with van der Waals surface area (Å²) in [7, 11) is 0. The average molecular weight is 292 g/mol. The zero-order valence-electron chi connectivity index (χ0n) is 11.1. The van der Waals surface area contributed by atoms with Gasteiger partial charge in [-0.15, -0.1) is 0 Å². The summed E-state index contributed by atoms with van der Waals surface area (Å²) >= 11 is 1.65. The monoisotopic (exact) mass is 292 g/mol. The molecule has 1 aromatic carbocycles. The summed E-state index contributed by atoms with van der Waals surface area (Å²) in [5, 5.41) is 16.9. The summed E-state index contributed by atoms with van der Waals surface area (Å²) in [6, 6.07) is 6.83. The number of hydrogen-bond acceptors (Lipinski definition) is 4. The highest BCUT2D eigenvalue weighted by atomic mass is 32.1. The fourth-order valence-corrected chi connectivity index (χ4v) is 3.36. The Bertz CT molecular complexity index is 567. The number of halogens is 1. The molecule has 106 valence electrons. The Kier molecular flexibility index (Phi) is 4.00. The summed E-state index contributed by atoms with van der Waals surface area (Å²) in [6.45, 7) is 3.76. The van der Waals surface area contributed by atoms with Gasteiger partial charge < -0.3 is 10.4 Å². The van der Waals surface area contributed by atoms with Gasteiger partial charge in [0.15, 0.2) is 11.6 Å². The van der Waals surface area contributed by atoms with Gasteiger partial charge in [0, 0.05) is 26.2 Å². The molecule has 0 amide bonds. The van der Waals surface area contributed by atoms with Crippen molar-refractivity contribution >= 4 is 11.3 Å². The zero-order chi connectivity index (χ0) is 13.9. The molecule has 2 N–H and O–H groups in total. The third-order valence-corrected chi connectivity index (χ3v) is 4.36. The van der Waals surface area contributed by atoms with E-state index in [0.29, 0.717) is 0 Å². The minimum absolute atomic E-state index is 0.0541. The molecule has 0 bridgehead atoms. The SMILES string of the molecule is Oc1ccc([C@@H](c2ccsc2)N2CCNCC2)cc1F. The lowest BCUT2D eigenvalue weighted by Crippen LogP contribution is -2.45. The first-order valence-electron chi connectivity index (χ1n) is 6.71. The molecule has 1 aromatic heterocycles. The molecule has 1 aliphatic heterocycles. The first-order valence-corrected chi connectivity index (χ1v) is 7.65. The highest BCUT2D eigenvalue weighted by Gasteiger charge is 2.24. The number of nitrogens with one attached hydrogen (secondary N) is 1. The van der Waals surface area contributed by atoms with Crippen molar-refractivity contribution in [2.75, 3.05) is 26.2 Å². The first kappa shape index (κ1) is 13.5. The van der Waals surface area contributed by atoms with Crippen molar-refractivity contribution in [3.8, 4) is 5.75 Å². The fraction of sp³-hybridized carbons (Fsp3) is 0.333. The van der Waals surface area contributed by atoms with Crippen LogP contribution in [0.3, 0.4) is 0 Å². The lowest BCUT2D eigenvalue weighted by atomic mass is 9.98. The van der Waals surface area contributed by atoms with Crippen molar-refractivity contribution in [2.24, 2.45) is 0 Å². The molecule has 0 radical (unpaired) electrons.